The number of carbonyl (C=O) groups excluding carboxylic acids is 1. The van der Waals surface area contributed by atoms with Crippen molar-refractivity contribution in [1.29, 1.82) is 0 Å². The van der Waals surface area contributed by atoms with E-state index in [4.69, 9.17) is 5.11 Å². The van der Waals surface area contributed by atoms with Crippen molar-refractivity contribution >= 4 is 28.6 Å². The van der Waals surface area contributed by atoms with E-state index in [0.717, 1.165) is 0 Å². The zero-order valence-electron chi connectivity index (χ0n) is 11.2. The highest BCUT2D eigenvalue weighted by Gasteiger charge is 2.71. The molecule has 0 fully saturated rings. The average Bonchev–Trinajstić information content (AvgIpc) is 2.31. The molecule has 0 rings (SSSR count). The molecule has 2 atom stereocenters. The maximum Gasteiger partial charge on any atom is 0.429 e. The minimum absolute atomic E-state index is 0.588. The molecule has 21 heavy (non-hydrogen) atoms. The summed E-state index contributed by atoms with van der Waals surface area (Å²) >= 11 is 1.54. The molecule has 4 nitrogen and oxygen atoms in total. The molecule has 2 unspecified atom stereocenters. The summed E-state index contributed by atoms with van der Waals surface area (Å²) in [6.45, 7) is 0.512. The summed E-state index contributed by atoms with van der Waals surface area (Å²) in [5.41, 5.74) is -5.11. The number of aliphatic hydroxyl groups is 1. The zero-order valence-corrected chi connectivity index (χ0v) is 13.4. The molecular formula is C10H14F6INO3. The highest BCUT2D eigenvalue weighted by atomic mass is 127. The molecule has 0 spiro atoms. The van der Waals surface area contributed by atoms with Crippen molar-refractivity contribution in [3.05, 3.63) is 0 Å². The van der Waals surface area contributed by atoms with Gasteiger partial charge >= 0.3 is 18.3 Å². The molecule has 0 aromatic heterocycles. The van der Waals surface area contributed by atoms with Crippen LogP contribution in [0, 0.1) is 0 Å². The monoisotopic (exact) mass is 437 g/mol. The van der Waals surface area contributed by atoms with Crippen molar-refractivity contribution < 1.29 is 41.0 Å². The molecule has 0 bridgehead atoms. The standard InChI is InChI=1S/C10H14F6INO3/c1-5(18-3)7(2,17)6(19)21-4-8(20,9(11,12)13)10(14,15)16/h5,18,20H,4H2,1-3H3. The predicted molar refractivity (Wildman–Crippen MR) is 69.0 cm³/mol. The molecule has 0 aliphatic carbocycles. The smallest absolute Gasteiger partial charge is 0.429 e. The van der Waals surface area contributed by atoms with Gasteiger partial charge in [0.15, 0.2) is 0 Å². The van der Waals surface area contributed by atoms with Gasteiger partial charge in [0.25, 0.3) is 5.60 Å². The number of rotatable bonds is 5. The second-order valence-electron chi connectivity index (χ2n) is 4.52. The van der Waals surface area contributed by atoms with Crippen LogP contribution in [0.3, 0.4) is 0 Å². The molecule has 0 saturated heterocycles. The van der Waals surface area contributed by atoms with Crippen LogP contribution >= 0.6 is 22.6 Å². The Balaban J connectivity index is 5.17. The van der Waals surface area contributed by atoms with Crippen LogP contribution in [0.4, 0.5) is 26.3 Å². The summed E-state index contributed by atoms with van der Waals surface area (Å²) in [4.78, 5) is 11.7. The van der Waals surface area contributed by atoms with Gasteiger partial charge in [-0.25, -0.2) is 0 Å². The van der Waals surface area contributed by atoms with Gasteiger partial charge in [-0.15, -0.1) is 0 Å². The largest absolute Gasteiger partial charge is 0.461 e. The van der Waals surface area contributed by atoms with Crippen LogP contribution in [0.25, 0.3) is 0 Å². The second kappa shape index (κ2) is 6.44. The molecule has 0 radical (unpaired) electrons. The van der Waals surface area contributed by atoms with Crippen molar-refractivity contribution in [3.8, 4) is 0 Å². The Bertz CT molecular complexity index is 368. The Kier molecular flexibility index (Phi) is 6.35. The number of halogens is 7. The van der Waals surface area contributed by atoms with Crippen molar-refractivity contribution in [3.63, 3.8) is 0 Å². The van der Waals surface area contributed by atoms with Crippen molar-refractivity contribution in [2.24, 2.45) is 0 Å². The van der Waals surface area contributed by atoms with E-state index in [1.807, 2.05) is 0 Å². The highest BCUT2D eigenvalue weighted by molar-refractivity contribution is 14.1. The second-order valence-corrected chi connectivity index (χ2v) is 6.76. The summed E-state index contributed by atoms with van der Waals surface area (Å²) < 4.78 is 77.0. The number of esters is 1. The van der Waals surface area contributed by atoms with Crippen LogP contribution in [0.15, 0.2) is 0 Å². The van der Waals surface area contributed by atoms with Gasteiger partial charge in [0.1, 0.15) is 10.0 Å². The third-order valence-corrected chi connectivity index (χ3v) is 4.37. The predicted octanol–water partition coefficient (Wildman–Crippen LogP) is 2.19. The lowest BCUT2D eigenvalue weighted by Gasteiger charge is -2.33. The lowest BCUT2D eigenvalue weighted by atomic mass is 10.0. The maximum atomic E-state index is 12.4. The van der Waals surface area contributed by atoms with Crippen molar-refractivity contribution in [2.75, 3.05) is 13.7 Å². The van der Waals surface area contributed by atoms with E-state index < -0.39 is 40.0 Å². The van der Waals surface area contributed by atoms with Crippen LogP contribution in [-0.4, -0.2) is 52.1 Å². The fourth-order valence-corrected chi connectivity index (χ4v) is 1.55. The fraction of sp³-hybridized carbons (Fsp3) is 0.900. The van der Waals surface area contributed by atoms with Crippen LogP contribution in [-0.2, 0) is 9.53 Å². The molecular weight excluding hydrogens is 423 g/mol. The minimum Gasteiger partial charge on any atom is -0.461 e. The first-order valence-electron chi connectivity index (χ1n) is 5.50. The van der Waals surface area contributed by atoms with Gasteiger partial charge in [-0.05, 0) is 20.9 Å². The van der Waals surface area contributed by atoms with E-state index in [-0.39, 0.29) is 0 Å². The van der Waals surface area contributed by atoms with E-state index in [9.17, 15) is 31.1 Å². The van der Waals surface area contributed by atoms with E-state index in [0.29, 0.717) is 0 Å². The first kappa shape index (κ1) is 20.7. The van der Waals surface area contributed by atoms with Gasteiger partial charge < -0.3 is 15.2 Å². The van der Waals surface area contributed by atoms with Gasteiger partial charge in [0, 0.05) is 6.04 Å². The highest BCUT2D eigenvalue weighted by Crippen LogP contribution is 2.43. The molecule has 2 N–H and O–H groups in total. The van der Waals surface area contributed by atoms with Crippen LogP contribution < -0.4 is 5.32 Å². The van der Waals surface area contributed by atoms with Crippen molar-refractivity contribution in [2.45, 2.75) is 41.3 Å². The van der Waals surface area contributed by atoms with E-state index in [1.54, 1.807) is 0 Å². The van der Waals surface area contributed by atoms with Crippen LogP contribution in [0.2, 0.25) is 0 Å². The molecule has 0 saturated carbocycles. The van der Waals surface area contributed by atoms with Gasteiger partial charge in [0.2, 0.25) is 0 Å². The SMILES string of the molecule is CNC(C)C(C)(I)C(=O)OCC(O)(C(F)(F)F)C(F)(F)F. The van der Waals surface area contributed by atoms with Gasteiger partial charge in [-0.2, -0.15) is 26.3 Å². The Morgan fingerprint density at radius 2 is 1.62 bits per heavy atom. The molecule has 0 aliphatic heterocycles. The fourth-order valence-electron chi connectivity index (χ4n) is 1.08. The quantitative estimate of drug-likeness (QED) is 0.300. The zero-order chi connectivity index (χ0) is 17.3. The van der Waals surface area contributed by atoms with Crippen LogP contribution in [0.1, 0.15) is 13.8 Å². The first-order chi connectivity index (χ1) is 9.11. The van der Waals surface area contributed by atoms with E-state index in [1.165, 1.54) is 43.5 Å². The summed E-state index contributed by atoms with van der Waals surface area (Å²) in [7, 11) is 1.45. The Morgan fingerprint density at radius 3 is 1.90 bits per heavy atom. The maximum absolute atomic E-state index is 12.4. The molecule has 0 heterocycles. The molecule has 0 amide bonds. The molecule has 0 aliphatic rings. The Morgan fingerprint density at radius 1 is 1.24 bits per heavy atom. The number of ether oxygens (including phenoxy) is 1. The van der Waals surface area contributed by atoms with E-state index >= 15 is 0 Å². The number of hydrogen-bond donors (Lipinski definition) is 2. The molecule has 0 aromatic rings. The van der Waals surface area contributed by atoms with Gasteiger partial charge in [-0.1, -0.05) is 22.6 Å². The molecule has 0 aromatic carbocycles. The Hall–Kier alpha value is -0.300. The van der Waals surface area contributed by atoms with Gasteiger partial charge in [-0.3, -0.25) is 4.79 Å². The first-order valence-corrected chi connectivity index (χ1v) is 6.58. The molecule has 11 heteroatoms. The number of alkyl halides is 7. The summed E-state index contributed by atoms with van der Waals surface area (Å²) in [5, 5.41) is 11.5. The average molecular weight is 437 g/mol. The number of nitrogens with one attached hydrogen (secondary N) is 1. The third kappa shape index (κ3) is 4.34. The summed E-state index contributed by atoms with van der Waals surface area (Å²) in [5.74, 6) is -1.31. The van der Waals surface area contributed by atoms with Gasteiger partial charge in [0.05, 0.1) is 0 Å². The topological polar surface area (TPSA) is 58.6 Å². The number of carbonyl (C=O) groups is 1. The molecule has 126 valence electrons. The Labute approximate surface area is 130 Å². The summed E-state index contributed by atoms with van der Waals surface area (Å²) in [6, 6.07) is -0.588. The minimum atomic E-state index is -6.03. The lowest BCUT2D eigenvalue weighted by molar-refractivity contribution is -0.375. The van der Waals surface area contributed by atoms with Crippen LogP contribution in [0.5, 0.6) is 0 Å². The third-order valence-electron chi connectivity index (χ3n) is 3.00. The number of hydrogen-bond acceptors (Lipinski definition) is 4. The van der Waals surface area contributed by atoms with E-state index in [2.05, 4.69) is 10.1 Å². The normalized spacial score (nSPS) is 18.0. The van der Waals surface area contributed by atoms with Crippen molar-refractivity contribution in [1.82, 2.24) is 5.32 Å². The summed E-state index contributed by atoms with van der Waals surface area (Å²) in [6.07, 6.45) is -12.1. The lowest BCUT2D eigenvalue weighted by Crippen LogP contribution is -2.61.